The number of aromatic nitrogens is 1. The fraction of sp³-hybridized carbons (Fsp3) is 0.357. The van der Waals surface area contributed by atoms with Crippen LogP contribution >= 0.6 is 0 Å². The summed E-state index contributed by atoms with van der Waals surface area (Å²) in [5.41, 5.74) is 6.76. The molecule has 0 saturated carbocycles. The number of hydrogen-bond acceptors (Lipinski definition) is 5. The summed E-state index contributed by atoms with van der Waals surface area (Å²) >= 11 is 0. The van der Waals surface area contributed by atoms with Crippen molar-refractivity contribution in [2.75, 3.05) is 12.3 Å². The van der Waals surface area contributed by atoms with Gasteiger partial charge >= 0.3 is 5.97 Å². The zero-order chi connectivity index (χ0) is 15.2. The monoisotopic (exact) mass is 276 g/mol. The van der Waals surface area contributed by atoms with Gasteiger partial charge in [0.25, 0.3) is 0 Å². The fourth-order valence-corrected chi connectivity index (χ4v) is 2.30. The van der Waals surface area contributed by atoms with E-state index in [9.17, 15) is 14.4 Å². The van der Waals surface area contributed by atoms with Gasteiger partial charge in [0.15, 0.2) is 5.78 Å². The highest BCUT2D eigenvalue weighted by molar-refractivity contribution is 6.29. The zero-order valence-electron chi connectivity index (χ0n) is 11.9. The number of carbonyl (C=O) groups excluding carboxylic acids is 3. The molecule has 0 aliphatic heterocycles. The maximum Gasteiger partial charge on any atom is 0.342 e. The minimum absolute atomic E-state index is 0.0189. The highest BCUT2D eigenvalue weighted by Crippen LogP contribution is 2.33. The van der Waals surface area contributed by atoms with Gasteiger partial charge in [-0.1, -0.05) is 0 Å². The molecule has 106 valence electrons. The number of ether oxygens (including phenoxy) is 1. The number of carbonyl (C=O) groups is 3. The van der Waals surface area contributed by atoms with Gasteiger partial charge in [-0.15, -0.1) is 0 Å². The molecule has 0 spiro atoms. The predicted octanol–water partition coefficient (Wildman–Crippen LogP) is 1.50. The van der Waals surface area contributed by atoms with E-state index >= 15 is 0 Å². The van der Waals surface area contributed by atoms with Crippen molar-refractivity contribution in [3.05, 3.63) is 28.0 Å². The minimum atomic E-state index is -0.685. The highest BCUT2D eigenvalue weighted by Gasteiger charge is 2.37. The number of nitrogens with zero attached hydrogens (tertiary/aromatic N) is 1. The molecular formula is C14H16N2O4. The Hall–Kier alpha value is -2.37. The van der Waals surface area contributed by atoms with Crippen molar-refractivity contribution in [2.45, 2.75) is 20.8 Å². The first kappa shape index (κ1) is 14.0. The second kappa shape index (κ2) is 4.63. The number of nitrogen functional groups attached to an aromatic ring is 1. The number of anilines is 1. The van der Waals surface area contributed by atoms with Crippen LogP contribution in [0, 0.1) is 0 Å². The van der Waals surface area contributed by atoms with Gasteiger partial charge < -0.3 is 15.0 Å². The Kier molecular flexibility index (Phi) is 3.25. The zero-order valence-corrected chi connectivity index (χ0v) is 11.9. The van der Waals surface area contributed by atoms with Crippen molar-refractivity contribution in [3.63, 3.8) is 0 Å². The Morgan fingerprint density at radius 3 is 2.30 bits per heavy atom. The van der Waals surface area contributed by atoms with Crippen LogP contribution in [0.1, 0.15) is 52.0 Å². The van der Waals surface area contributed by atoms with Crippen molar-refractivity contribution >= 4 is 23.4 Å². The Bertz CT molecular complexity index is 680. The summed E-state index contributed by atoms with van der Waals surface area (Å²) in [7, 11) is 1.55. The molecule has 1 heterocycles. The molecule has 0 atom stereocenters. The number of rotatable bonds is 2. The molecule has 0 aromatic carbocycles. The molecule has 0 unspecified atom stereocenters. The smallest absolute Gasteiger partial charge is 0.342 e. The third kappa shape index (κ3) is 1.68. The van der Waals surface area contributed by atoms with Gasteiger partial charge in [0, 0.05) is 18.2 Å². The molecule has 6 nitrogen and oxygen atoms in total. The first-order chi connectivity index (χ1) is 9.32. The number of allylic oxidation sites excluding steroid dienone is 2. The van der Waals surface area contributed by atoms with Gasteiger partial charge in [0.05, 0.1) is 12.2 Å². The number of ketones is 2. The van der Waals surface area contributed by atoms with Crippen molar-refractivity contribution in [1.29, 1.82) is 0 Å². The average molecular weight is 276 g/mol. The molecule has 6 heteroatoms. The normalized spacial score (nSPS) is 14.6. The van der Waals surface area contributed by atoms with Crippen molar-refractivity contribution in [1.82, 2.24) is 4.57 Å². The Balaban J connectivity index is 2.77. The van der Waals surface area contributed by atoms with E-state index in [1.54, 1.807) is 27.8 Å². The maximum absolute atomic E-state index is 12.4. The third-order valence-electron chi connectivity index (χ3n) is 3.61. The molecule has 20 heavy (non-hydrogen) atoms. The summed E-state index contributed by atoms with van der Waals surface area (Å²) in [6.45, 7) is 4.98. The summed E-state index contributed by atoms with van der Waals surface area (Å²) < 4.78 is 6.29. The van der Waals surface area contributed by atoms with Crippen LogP contribution in [0.25, 0.3) is 0 Å². The second-order valence-corrected chi connectivity index (χ2v) is 4.67. The lowest BCUT2D eigenvalue weighted by molar-refractivity contribution is 0.0525. The SMILES string of the molecule is CCOC(=O)c1c2c(n(C)c1N)C(=O)C(C)=C(C)C2=O. The first-order valence-corrected chi connectivity index (χ1v) is 6.25. The molecule has 0 bridgehead atoms. The van der Waals surface area contributed by atoms with Gasteiger partial charge in [0.1, 0.15) is 17.1 Å². The van der Waals surface area contributed by atoms with E-state index in [0.29, 0.717) is 11.1 Å². The van der Waals surface area contributed by atoms with Gasteiger partial charge in [-0.05, 0) is 20.8 Å². The van der Waals surface area contributed by atoms with Crippen LogP contribution in [-0.4, -0.2) is 28.7 Å². The van der Waals surface area contributed by atoms with E-state index in [2.05, 4.69) is 0 Å². The molecule has 1 aromatic heterocycles. The molecule has 2 N–H and O–H groups in total. The molecule has 1 aliphatic carbocycles. The number of esters is 1. The summed E-state index contributed by atoms with van der Waals surface area (Å²) in [4.78, 5) is 36.7. The number of Topliss-reactive ketones (excluding diaryl/α,β-unsaturated/α-hetero) is 2. The summed E-state index contributed by atoms with van der Waals surface area (Å²) in [5.74, 6) is -1.26. The Morgan fingerprint density at radius 1 is 1.20 bits per heavy atom. The lowest BCUT2D eigenvalue weighted by Crippen LogP contribution is -2.22. The van der Waals surface area contributed by atoms with Gasteiger partial charge in [-0.25, -0.2) is 4.79 Å². The largest absolute Gasteiger partial charge is 0.462 e. The Morgan fingerprint density at radius 2 is 1.75 bits per heavy atom. The standard InChI is InChI=1S/C14H16N2O4/c1-5-20-14(19)9-8-10(16(4)13(9)15)12(18)7(3)6(2)11(8)17/h5,15H2,1-4H3. The topological polar surface area (TPSA) is 91.4 Å². The summed E-state index contributed by atoms with van der Waals surface area (Å²) in [6.07, 6.45) is 0. The minimum Gasteiger partial charge on any atom is -0.462 e. The van der Waals surface area contributed by atoms with Crippen LogP contribution in [0.5, 0.6) is 0 Å². The van der Waals surface area contributed by atoms with Crippen LogP contribution in [0.4, 0.5) is 5.82 Å². The molecule has 0 saturated heterocycles. The summed E-state index contributed by atoms with van der Waals surface area (Å²) in [6, 6.07) is 0. The quantitative estimate of drug-likeness (QED) is 0.826. The fourth-order valence-electron chi connectivity index (χ4n) is 2.30. The number of fused-ring (bicyclic) bond motifs is 1. The maximum atomic E-state index is 12.4. The molecule has 0 fully saturated rings. The van der Waals surface area contributed by atoms with Crippen LogP contribution in [0.3, 0.4) is 0 Å². The van der Waals surface area contributed by atoms with E-state index in [4.69, 9.17) is 10.5 Å². The van der Waals surface area contributed by atoms with Crippen molar-refractivity contribution in [2.24, 2.45) is 7.05 Å². The third-order valence-corrected chi connectivity index (χ3v) is 3.61. The molecule has 1 aliphatic rings. The second-order valence-electron chi connectivity index (χ2n) is 4.67. The van der Waals surface area contributed by atoms with E-state index in [0.717, 1.165) is 0 Å². The molecule has 0 radical (unpaired) electrons. The van der Waals surface area contributed by atoms with Crippen molar-refractivity contribution < 1.29 is 19.1 Å². The lowest BCUT2D eigenvalue weighted by Gasteiger charge is -2.15. The average Bonchev–Trinajstić information content (AvgIpc) is 2.67. The lowest BCUT2D eigenvalue weighted by atomic mass is 9.88. The van der Waals surface area contributed by atoms with Crippen LogP contribution in [0.15, 0.2) is 11.1 Å². The van der Waals surface area contributed by atoms with E-state index < -0.39 is 5.97 Å². The predicted molar refractivity (Wildman–Crippen MR) is 72.8 cm³/mol. The van der Waals surface area contributed by atoms with Crippen LogP contribution in [0.2, 0.25) is 0 Å². The first-order valence-electron chi connectivity index (χ1n) is 6.25. The number of nitrogens with two attached hydrogens (primary N) is 1. The molecular weight excluding hydrogens is 260 g/mol. The van der Waals surface area contributed by atoms with E-state index in [-0.39, 0.29) is 40.8 Å². The van der Waals surface area contributed by atoms with Gasteiger partial charge in [0.2, 0.25) is 5.78 Å². The molecule has 1 aromatic rings. The highest BCUT2D eigenvalue weighted by atomic mass is 16.5. The van der Waals surface area contributed by atoms with E-state index in [1.807, 2.05) is 0 Å². The van der Waals surface area contributed by atoms with Gasteiger partial charge in [-0.3, -0.25) is 9.59 Å². The van der Waals surface area contributed by atoms with Crippen LogP contribution in [-0.2, 0) is 11.8 Å². The number of hydrogen-bond donors (Lipinski definition) is 1. The van der Waals surface area contributed by atoms with E-state index in [1.165, 1.54) is 4.57 Å². The molecule has 0 amide bonds. The summed E-state index contributed by atoms with van der Waals surface area (Å²) in [5, 5.41) is 0. The Labute approximate surface area is 116 Å². The van der Waals surface area contributed by atoms with Crippen molar-refractivity contribution in [3.8, 4) is 0 Å². The van der Waals surface area contributed by atoms with Crippen LogP contribution < -0.4 is 5.73 Å². The molecule has 2 rings (SSSR count). The van der Waals surface area contributed by atoms with Gasteiger partial charge in [-0.2, -0.15) is 0 Å².